The summed E-state index contributed by atoms with van der Waals surface area (Å²) in [5.41, 5.74) is 6.81. The Morgan fingerprint density at radius 1 is 1.04 bits per heavy atom. The molecule has 144 valence electrons. The third-order valence-corrected chi connectivity index (χ3v) is 12.1. The molecule has 0 aromatic heterocycles. The van der Waals surface area contributed by atoms with Crippen LogP contribution in [0.4, 0.5) is 0 Å². The largest absolute Gasteiger partial charge is 4.00 e. The maximum atomic E-state index is 3.61. The van der Waals surface area contributed by atoms with Crippen LogP contribution in [-0.2, 0) is 21.7 Å². The number of hydrogen-bond donors (Lipinski definition) is 0. The van der Waals surface area contributed by atoms with Crippen LogP contribution in [0.15, 0.2) is 60.7 Å². The molecule has 1 heterocycles. The van der Waals surface area contributed by atoms with E-state index < -0.39 is 8.07 Å². The van der Waals surface area contributed by atoms with Crippen molar-refractivity contribution >= 4 is 8.07 Å². The number of fused-ring (bicyclic) bond motifs is 3. The van der Waals surface area contributed by atoms with E-state index in [2.05, 4.69) is 67.6 Å². The summed E-state index contributed by atoms with van der Waals surface area (Å²) in [5, 5.41) is 0. The average Bonchev–Trinajstić information content (AvgIpc) is 3.29. The fraction of sp³-hybridized carbons (Fsp3) is 0.333. The number of allylic oxidation sites excluding steroid dienone is 4. The van der Waals surface area contributed by atoms with Crippen molar-refractivity contribution in [2.45, 2.75) is 49.9 Å². The minimum absolute atomic E-state index is 0. The zero-order valence-corrected chi connectivity index (χ0v) is 20.4. The molecule has 0 amide bonds. The molecule has 2 aliphatic carbocycles. The van der Waals surface area contributed by atoms with Gasteiger partial charge in [-0.2, -0.15) is 30.3 Å². The van der Waals surface area contributed by atoms with Crippen LogP contribution in [-0.4, -0.2) is 8.07 Å². The maximum Gasteiger partial charge on any atom is 4.00 e. The second-order valence-electron chi connectivity index (χ2n) is 7.49. The van der Waals surface area contributed by atoms with Gasteiger partial charge in [-0.25, -0.2) is 12.2 Å². The topological polar surface area (TPSA) is 0 Å². The van der Waals surface area contributed by atoms with Gasteiger partial charge in [0.1, 0.15) is 0 Å². The summed E-state index contributed by atoms with van der Waals surface area (Å²) < 4.78 is 0. The van der Waals surface area contributed by atoms with Crippen LogP contribution in [0.2, 0.25) is 18.1 Å². The maximum absolute atomic E-state index is 3.61. The molecule has 1 saturated heterocycles. The Balaban J connectivity index is 0.000000433. The Labute approximate surface area is 198 Å². The van der Waals surface area contributed by atoms with Gasteiger partial charge >= 0.3 is 21.7 Å². The molecule has 1 unspecified atom stereocenters. The summed E-state index contributed by atoms with van der Waals surface area (Å²) >= 11 is 0. The molecule has 0 nitrogen and oxygen atoms in total. The minimum atomic E-state index is -1.14. The summed E-state index contributed by atoms with van der Waals surface area (Å²) in [6.45, 7) is 2.36. The van der Waals surface area contributed by atoms with Crippen molar-refractivity contribution in [3.63, 3.8) is 0 Å². The molecule has 1 atom stereocenters. The van der Waals surface area contributed by atoms with Gasteiger partial charge in [-0.1, -0.05) is 67.7 Å². The zero-order valence-electron chi connectivity index (χ0n) is 16.3. The fourth-order valence-corrected chi connectivity index (χ4v) is 10.2. The van der Waals surface area contributed by atoms with Gasteiger partial charge in [-0.15, -0.1) is 17.5 Å². The van der Waals surface area contributed by atoms with Gasteiger partial charge in [-0.3, -0.25) is 6.08 Å². The monoisotopic (exact) mass is 460 g/mol. The summed E-state index contributed by atoms with van der Waals surface area (Å²) in [4.78, 5) is 0. The first-order valence-corrected chi connectivity index (χ1v) is 12.4. The van der Waals surface area contributed by atoms with Crippen LogP contribution in [0, 0.1) is 12.1 Å². The number of hydrogen-bond acceptors (Lipinski definition) is 0. The van der Waals surface area contributed by atoms with Crippen molar-refractivity contribution in [3.05, 3.63) is 84.0 Å². The molecule has 1 aliphatic heterocycles. The summed E-state index contributed by atoms with van der Waals surface area (Å²) in [6, 6.07) is 23.8. The van der Waals surface area contributed by atoms with Crippen LogP contribution >= 0.6 is 0 Å². The minimum Gasteiger partial charge on any atom is -1.00 e. The Morgan fingerprint density at radius 2 is 1.79 bits per heavy atom. The molecule has 0 radical (unpaired) electrons. The zero-order chi connectivity index (χ0) is 17.1. The standard InChI is InChI=1S/C19H21Si.C5H5.2ClH.Ti/c1-2-12-20(13-7-14-20)19-17-10-5-3-8-15(17)16-9-4-6-11-18(16)19;1-2-4-5-3-1;;;/h3-6,8-10,19H,2,7,12-14H2,1H3;1-3H,4H2;2*1H;/q2*-1;;;+4/p-2. The van der Waals surface area contributed by atoms with E-state index in [9.17, 15) is 0 Å². The molecular formula is C24H26Cl2SiTi. The van der Waals surface area contributed by atoms with Crippen LogP contribution < -0.4 is 24.8 Å². The van der Waals surface area contributed by atoms with Gasteiger partial charge in [0.25, 0.3) is 0 Å². The predicted molar refractivity (Wildman–Crippen MR) is 109 cm³/mol. The Bertz CT molecular complexity index is 756. The van der Waals surface area contributed by atoms with Gasteiger partial charge in [0.2, 0.25) is 0 Å². The van der Waals surface area contributed by atoms with Crippen molar-refractivity contribution in [2.24, 2.45) is 0 Å². The van der Waals surface area contributed by atoms with Gasteiger partial charge in [-0.05, 0) is 11.1 Å². The number of rotatable bonds is 3. The third kappa shape index (κ3) is 4.77. The van der Waals surface area contributed by atoms with Crippen molar-refractivity contribution in [1.29, 1.82) is 0 Å². The van der Waals surface area contributed by atoms with Gasteiger partial charge in [0.05, 0.1) is 8.07 Å². The molecule has 2 aromatic carbocycles. The summed E-state index contributed by atoms with van der Waals surface area (Å²) in [5.74, 6) is 0. The summed E-state index contributed by atoms with van der Waals surface area (Å²) in [7, 11) is -1.14. The fourth-order valence-electron chi connectivity index (χ4n) is 4.86. The van der Waals surface area contributed by atoms with Crippen LogP contribution in [0.25, 0.3) is 11.1 Å². The molecule has 2 aromatic rings. The molecule has 3 aliphatic rings. The number of halogens is 2. The van der Waals surface area contributed by atoms with Crippen LogP contribution in [0.1, 0.15) is 42.9 Å². The molecule has 5 rings (SSSR count). The van der Waals surface area contributed by atoms with Crippen LogP contribution in [0.5, 0.6) is 0 Å². The summed E-state index contributed by atoms with van der Waals surface area (Å²) in [6.07, 6.45) is 12.8. The van der Waals surface area contributed by atoms with Gasteiger partial charge in [0, 0.05) is 0 Å². The first kappa shape index (κ1) is 25.5. The first-order valence-electron chi connectivity index (χ1n) is 9.67. The third-order valence-electron chi connectivity index (χ3n) is 6.03. The average molecular weight is 461 g/mol. The Hall–Kier alpha value is -0.569. The van der Waals surface area contributed by atoms with E-state index in [-0.39, 0.29) is 46.5 Å². The second kappa shape index (κ2) is 11.6. The van der Waals surface area contributed by atoms with Crippen molar-refractivity contribution in [1.82, 2.24) is 0 Å². The van der Waals surface area contributed by atoms with Gasteiger partial charge in [0.15, 0.2) is 0 Å². The van der Waals surface area contributed by atoms with Gasteiger partial charge < -0.3 is 24.8 Å². The van der Waals surface area contributed by atoms with E-state index in [4.69, 9.17) is 0 Å². The Kier molecular flexibility index (Phi) is 10.5. The predicted octanol–water partition coefficient (Wildman–Crippen LogP) is 0.712. The first-order chi connectivity index (χ1) is 12.4. The van der Waals surface area contributed by atoms with Crippen molar-refractivity contribution < 1.29 is 46.5 Å². The molecule has 0 saturated carbocycles. The molecule has 0 spiro atoms. The van der Waals surface area contributed by atoms with E-state index in [0.29, 0.717) is 0 Å². The molecule has 4 heteroatoms. The van der Waals surface area contributed by atoms with E-state index >= 15 is 0 Å². The van der Waals surface area contributed by atoms with E-state index in [1.54, 1.807) is 5.56 Å². The molecule has 1 fully saturated rings. The molecule has 28 heavy (non-hydrogen) atoms. The SMILES string of the molecule is CCC[Si]1(C2c3[c-]cccc3-c3ccccc32)CCC1.[C-]1=CC=CC1.[Cl-].[Cl-].[Ti+4]. The normalized spacial score (nSPS) is 18.8. The van der Waals surface area contributed by atoms with Crippen LogP contribution in [0.3, 0.4) is 0 Å². The van der Waals surface area contributed by atoms with E-state index in [1.807, 2.05) is 12.2 Å². The molecule has 0 N–H and O–H groups in total. The van der Waals surface area contributed by atoms with E-state index in [0.717, 1.165) is 12.0 Å². The van der Waals surface area contributed by atoms with Crippen molar-refractivity contribution in [3.8, 4) is 11.1 Å². The quantitative estimate of drug-likeness (QED) is 0.467. The van der Waals surface area contributed by atoms with E-state index in [1.165, 1.54) is 47.7 Å². The smallest absolute Gasteiger partial charge is 1.00 e. The second-order valence-corrected chi connectivity index (χ2v) is 12.3. The molecule has 0 bridgehead atoms. The Morgan fingerprint density at radius 3 is 2.36 bits per heavy atom. The number of benzene rings is 2. The van der Waals surface area contributed by atoms with Crippen molar-refractivity contribution in [2.75, 3.05) is 0 Å². The molecular weight excluding hydrogens is 435 g/mol.